The zero-order valence-electron chi connectivity index (χ0n) is 11.1. The molecule has 20 heavy (non-hydrogen) atoms. The smallest absolute Gasteiger partial charge is 0.248 e. The lowest BCUT2D eigenvalue weighted by molar-refractivity contribution is -0.119. The monoisotopic (exact) mass is 299 g/mol. The Morgan fingerprint density at radius 1 is 1.50 bits per heavy atom. The summed E-state index contributed by atoms with van der Waals surface area (Å²) in [5.74, 6) is -0.188. The molecule has 0 aromatic carbocycles. The topological polar surface area (TPSA) is 99.3 Å². The molecule has 1 amide bonds. The van der Waals surface area contributed by atoms with Gasteiger partial charge in [-0.1, -0.05) is 0 Å². The number of pyridine rings is 1. The molecule has 1 aliphatic rings. The maximum absolute atomic E-state index is 12.4. The molecule has 0 bridgehead atoms. The molecule has 2 rings (SSSR count). The fourth-order valence-electron chi connectivity index (χ4n) is 2.31. The van der Waals surface area contributed by atoms with E-state index < -0.39 is 15.5 Å². The number of piperidine rings is 1. The summed E-state index contributed by atoms with van der Waals surface area (Å²) in [4.78, 5) is 25.1. The minimum Gasteiger partial charge on any atom is -0.366 e. The molecule has 1 aliphatic heterocycles. The van der Waals surface area contributed by atoms with Gasteiger partial charge in [0.05, 0.1) is 0 Å². The Morgan fingerprint density at radius 2 is 2.25 bits per heavy atom. The molecular weight excluding hydrogens is 282 g/mol. The quantitative estimate of drug-likeness (QED) is 0.798. The Bertz CT molecular complexity index is 653. The fraction of sp³-hybridized carbons (Fsp3) is 0.500. The zero-order chi connectivity index (χ0) is 14.8. The van der Waals surface area contributed by atoms with E-state index in [4.69, 9.17) is 0 Å². The average molecular weight is 299 g/mol. The van der Waals surface area contributed by atoms with Gasteiger partial charge < -0.3 is 10.3 Å². The maximum Gasteiger partial charge on any atom is 0.248 e. The molecule has 1 aromatic rings. The average Bonchev–Trinajstić information content (AvgIpc) is 2.38. The molecule has 8 heteroatoms. The SMILES string of the molecule is CC(=O)NC1CCCN(S(=O)(=O)c2c[nH]ccc2=O)C1. The molecule has 1 fully saturated rings. The van der Waals surface area contributed by atoms with E-state index in [-0.39, 0.29) is 23.4 Å². The van der Waals surface area contributed by atoms with Gasteiger partial charge in [0.15, 0.2) is 0 Å². The van der Waals surface area contributed by atoms with Crippen LogP contribution in [0.5, 0.6) is 0 Å². The van der Waals surface area contributed by atoms with Crippen molar-refractivity contribution in [1.82, 2.24) is 14.6 Å². The predicted octanol–water partition coefficient (Wildman–Crippen LogP) is -0.336. The molecule has 1 atom stereocenters. The van der Waals surface area contributed by atoms with E-state index in [2.05, 4.69) is 10.3 Å². The summed E-state index contributed by atoms with van der Waals surface area (Å²) in [6, 6.07) is 0.973. The number of aromatic amines is 1. The third kappa shape index (κ3) is 3.07. The largest absolute Gasteiger partial charge is 0.366 e. The number of rotatable bonds is 3. The molecule has 110 valence electrons. The van der Waals surface area contributed by atoms with Gasteiger partial charge in [-0.15, -0.1) is 0 Å². The number of H-pyrrole nitrogens is 1. The number of nitrogens with one attached hydrogen (secondary N) is 2. The summed E-state index contributed by atoms with van der Waals surface area (Å²) in [5.41, 5.74) is -0.537. The predicted molar refractivity (Wildman–Crippen MR) is 72.7 cm³/mol. The summed E-state index contributed by atoms with van der Waals surface area (Å²) < 4.78 is 26.1. The van der Waals surface area contributed by atoms with E-state index in [1.165, 1.54) is 29.7 Å². The van der Waals surface area contributed by atoms with Crippen molar-refractivity contribution in [2.45, 2.75) is 30.7 Å². The number of carbonyl (C=O) groups excluding carboxylic acids is 1. The van der Waals surface area contributed by atoms with Crippen molar-refractivity contribution in [2.75, 3.05) is 13.1 Å². The molecule has 0 spiro atoms. The van der Waals surface area contributed by atoms with Gasteiger partial charge in [-0.05, 0) is 12.8 Å². The van der Waals surface area contributed by atoms with Crippen LogP contribution in [0.2, 0.25) is 0 Å². The Labute approximate surface area is 117 Å². The Hall–Kier alpha value is -1.67. The van der Waals surface area contributed by atoms with Gasteiger partial charge in [-0.3, -0.25) is 9.59 Å². The molecule has 0 radical (unpaired) electrons. The maximum atomic E-state index is 12.4. The first-order chi connectivity index (χ1) is 9.41. The number of hydrogen-bond acceptors (Lipinski definition) is 4. The Kier molecular flexibility index (Phi) is 4.24. The van der Waals surface area contributed by atoms with Crippen LogP contribution in [0.1, 0.15) is 19.8 Å². The molecule has 2 heterocycles. The van der Waals surface area contributed by atoms with Crippen LogP contribution < -0.4 is 10.7 Å². The van der Waals surface area contributed by atoms with Gasteiger partial charge in [-0.25, -0.2) is 8.42 Å². The highest BCUT2D eigenvalue weighted by molar-refractivity contribution is 7.89. The normalized spacial score (nSPS) is 20.6. The Balaban J connectivity index is 2.24. The first-order valence-corrected chi connectivity index (χ1v) is 7.79. The van der Waals surface area contributed by atoms with Crippen LogP contribution in [0.15, 0.2) is 28.2 Å². The highest BCUT2D eigenvalue weighted by Crippen LogP contribution is 2.18. The van der Waals surface area contributed by atoms with Gasteiger partial charge in [-0.2, -0.15) is 4.31 Å². The van der Waals surface area contributed by atoms with Gasteiger partial charge in [0, 0.05) is 44.5 Å². The molecular formula is C12H17N3O4S. The standard InChI is InChI=1S/C12H17N3O4S/c1-9(16)14-10-3-2-6-15(8-10)20(18,19)12-7-13-5-4-11(12)17/h4-5,7,10H,2-3,6,8H2,1H3,(H,13,17)(H,14,16). The van der Waals surface area contributed by atoms with Crippen molar-refractivity contribution >= 4 is 15.9 Å². The van der Waals surface area contributed by atoms with Crippen molar-refractivity contribution in [3.8, 4) is 0 Å². The van der Waals surface area contributed by atoms with Crippen LogP contribution in [0.3, 0.4) is 0 Å². The molecule has 7 nitrogen and oxygen atoms in total. The zero-order valence-corrected chi connectivity index (χ0v) is 11.9. The van der Waals surface area contributed by atoms with E-state index in [9.17, 15) is 18.0 Å². The number of carbonyl (C=O) groups is 1. The molecule has 2 N–H and O–H groups in total. The number of aromatic nitrogens is 1. The molecule has 1 aromatic heterocycles. The first-order valence-electron chi connectivity index (χ1n) is 6.35. The van der Waals surface area contributed by atoms with Crippen LogP contribution in [-0.4, -0.2) is 42.7 Å². The second-order valence-electron chi connectivity index (χ2n) is 4.78. The third-order valence-corrected chi connectivity index (χ3v) is 5.08. The third-order valence-electron chi connectivity index (χ3n) is 3.20. The second kappa shape index (κ2) is 5.76. The lowest BCUT2D eigenvalue weighted by atomic mass is 10.1. The summed E-state index contributed by atoms with van der Waals surface area (Å²) >= 11 is 0. The lowest BCUT2D eigenvalue weighted by Gasteiger charge is -2.31. The summed E-state index contributed by atoms with van der Waals surface area (Å²) in [6.07, 6.45) is 3.96. The summed E-state index contributed by atoms with van der Waals surface area (Å²) in [6.45, 7) is 1.94. The van der Waals surface area contributed by atoms with E-state index in [0.717, 1.165) is 6.42 Å². The number of nitrogens with zero attached hydrogens (tertiary/aromatic N) is 1. The van der Waals surface area contributed by atoms with E-state index in [1.807, 2.05) is 0 Å². The number of amides is 1. The minimum absolute atomic E-state index is 0.188. The second-order valence-corrected chi connectivity index (χ2v) is 6.68. The highest BCUT2D eigenvalue weighted by Gasteiger charge is 2.31. The molecule has 0 aliphatic carbocycles. The van der Waals surface area contributed by atoms with Crippen molar-refractivity contribution in [3.05, 3.63) is 28.7 Å². The van der Waals surface area contributed by atoms with Crippen molar-refractivity contribution < 1.29 is 13.2 Å². The first kappa shape index (κ1) is 14.7. The van der Waals surface area contributed by atoms with Crippen LogP contribution in [0, 0.1) is 0 Å². The van der Waals surface area contributed by atoms with E-state index in [0.29, 0.717) is 13.0 Å². The molecule has 1 saturated heterocycles. The summed E-state index contributed by atoms with van der Waals surface area (Å²) in [5, 5.41) is 2.72. The molecule has 0 saturated carbocycles. The van der Waals surface area contributed by atoms with Crippen molar-refractivity contribution in [1.29, 1.82) is 0 Å². The van der Waals surface area contributed by atoms with Crippen LogP contribution >= 0.6 is 0 Å². The number of hydrogen-bond donors (Lipinski definition) is 2. The van der Waals surface area contributed by atoms with Crippen LogP contribution in [-0.2, 0) is 14.8 Å². The van der Waals surface area contributed by atoms with Crippen LogP contribution in [0.4, 0.5) is 0 Å². The lowest BCUT2D eigenvalue weighted by Crippen LogP contribution is -2.49. The van der Waals surface area contributed by atoms with Gasteiger partial charge in [0.25, 0.3) is 0 Å². The molecule has 1 unspecified atom stereocenters. The number of sulfonamides is 1. The summed E-state index contributed by atoms with van der Waals surface area (Å²) in [7, 11) is -3.82. The van der Waals surface area contributed by atoms with Crippen molar-refractivity contribution in [3.63, 3.8) is 0 Å². The van der Waals surface area contributed by atoms with Gasteiger partial charge >= 0.3 is 0 Å². The minimum atomic E-state index is -3.82. The fourth-order valence-corrected chi connectivity index (χ4v) is 3.87. The van der Waals surface area contributed by atoms with Gasteiger partial charge in [0.2, 0.25) is 21.4 Å². The Morgan fingerprint density at radius 3 is 2.90 bits per heavy atom. The van der Waals surface area contributed by atoms with Crippen LogP contribution in [0.25, 0.3) is 0 Å². The van der Waals surface area contributed by atoms with E-state index in [1.54, 1.807) is 0 Å². The van der Waals surface area contributed by atoms with Crippen molar-refractivity contribution in [2.24, 2.45) is 0 Å². The van der Waals surface area contributed by atoms with E-state index >= 15 is 0 Å². The van der Waals surface area contributed by atoms with Gasteiger partial charge in [0.1, 0.15) is 4.90 Å². The highest BCUT2D eigenvalue weighted by atomic mass is 32.2.